The first kappa shape index (κ1) is 24.4. The Labute approximate surface area is 198 Å². The van der Waals surface area contributed by atoms with Gasteiger partial charge in [-0.3, -0.25) is 24.4 Å². The van der Waals surface area contributed by atoms with Gasteiger partial charge in [0, 0.05) is 46.4 Å². The van der Waals surface area contributed by atoms with Crippen LogP contribution >= 0.6 is 47.8 Å². The van der Waals surface area contributed by atoms with Crippen molar-refractivity contribution in [2.24, 2.45) is 5.92 Å². The standard InChI is InChI=1S/C19H19Br3N4O4/c20-6-14-3-11(1-2-23-14)17(27)24-9-13(19(29)30)10-25-18(28)12-4-15(7-21)26-16(5-12)8-22/h1-5,13H,6-10H2,(H,24,27)(H,25,28)(H,29,30). The van der Waals surface area contributed by atoms with Crippen molar-refractivity contribution in [3.05, 3.63) is 58.7 Å². The number of rotatable bonds is 10. The maximum atomic E-state index is 12.5. The van der Waals surface area contributed by atoms with E-state index in [1.54, 1.807) is 24.3 Å². The number of amides is 2. The fraction of sp³-hybridized carbons (Fsp3) is 0.316. The van der Waals surface area contributed by atoms with E-state index < -0.39 is 23.7 Å². The summed E-state index contributed by atoms with van der Waals surface area (Å²) in [4.78, 5) is 44.8. The first-order valence-corrected chi connectivity index (χ1v) is 12.2. The largest absolute Gasteiger partial charge is 0.481 e. The van der Waals surface area contributed by atoms with Gasteiger partial charge in [0.1, 0.15) is 0 Å². The number of hydrogen-bond donors (Lipinski definition) is 3. The maximum Gasteiger partial charge on any atom is 0.310 e. The van der Waals surface area contributed by atoms with Crippen molar-refractivity contribution in [2.75, 3.05) is 13.1 Å². The molecule has 2 rings (SSSR count). The molecular weight excluding hydrogens is 588 g/mol. The van der Waals surface area contributed by atoms with Gasteiger partial charge >= 0.3 is 5.97 Å². The van der Waals surface area contributed by atoms with Crippen molar-refractivity contribution in [1.82, 2.24) is 20.6 Å². The summed E-state index contributed by atoms with van der Waals surface area (Å²) in [6, 6.07) is 6.44. The molecule has 0 radical (unpaired) electrons. The molecule has 0 saturated heterocycles. The van der Waals surface area contributed by atoms with Crippen molar-refractivity contribution in [2.45, 2.75) is 16.0 Å². The van der Waals surface area contributed by atoms with Gasteiger partial charge < -0.3 is 15.7 Å². The van der Waals surface area contributed by atoms with Gasteiger partial charge in [-0.25, -0.2) is 0 Å². The van der Waals surface area contributed by atoms with Crippen molar-refractivity contribution in [3.63, 3.8) is 0 Å². The normalized spacial score (nSPS) is 11.6. The predicted octanol–water partition coefficient (Wildman–Crippen LogP) is 3.02. The molecule has 2 aromatic rings. The lowest BCUT2D eigenvalue weighted by molar-refractivity contribution is -0.141. The van der Waals surface area contributed by atoms with Crippen molar-refractivity contribution >= 4 is 65.6 Å². The second kappa shape index (κ2) is 12.1. The summed E-state index contributed by atoms with van der Waals surface area (Å²) in [5.74, 6) is -2.92. The third-order valence-corrected chi connectivity index (χ3v) is 5.77. The average molecular weight is 607 g/mol. The lowest BCUT2D eigenvalue weighted by atomic mass is 10.1. The number of nitrogens with one attached hydrogen (secondary N) is 2. The minimum atomic E-state index is -1.12. The molecule has 0 aliphatic carbocycles. The maximum absolute atomic E-state index is 12.5. The third kappa shape index (κ3) is 7.13. The minimum Gasteiger partial charge on any atom is -0.481 e. The number of carbonyl (C=O) groups is 3. The quantitative estimate of drug-likeness (QED) is 0.358. The molecule has 1 atom stereocenters. The van der Waals surface area contributed by atoms with Gasteiger partial charge in [0.15, 0.2) is 0 Å². The van der Waals surface area contributed by atoms with Gasteiger partial charge in [-0.15, -0.1) is 0 Å². The Bertz CT molecular complexity index is 904. The number of halogens is 3. The fourth-order valence-electron chi connectivity index (χ4n) is 2.49. The molecule has 0 saturated carbocycles. The molecule has 0 spiro atoms. The fourth-order valence-corrected chi connectivity index (χ4v) is 3.37. The molecule has 1 unspecified atom stereocenters. The first-order valence-electron chi connectivity index (χ1n) is 8.79. The lowest BCUT2D eigenvalue weighted by Crippen LogP contribution is -2.40. The van der Waals surface area contributed by atoms with Gasteiger partial charge in [-0.1, -0.05) is 47.8 Å². The van der Waals surface area contributed by atoms with Crippen LogP contribution in [0.5, 0.6) is 0 Å². The van der Waals surface area contributed by atoms with E-state index >= 15 is 0 Å². The SMILES string of the molecule is O=C(NCC(CNC(=O)c1cc(CBr)nc(CBr)c1)C(=O)O)c1ccnc(CBr)c1. The Morgan fingerprint density at radius 3 is 1.87 bits per heavy atom. The zero-order valence-corrected chi connectivity index (χ0v) is 20.5. The molecule has 30 heavy (non-hydrogen) atoms. The van der Waals surface area contributed by atoms with Crippen LogP contribution in [0.1, 0.15) is 37.8 Å². The molecule has 0 aromatic carbocycles. The number of carboxylic acid groups (broad SMARTS) is 1. The second-order valence-corrected chi connectivity index (χ2v) is 7.91. The van der Waals surface area contributed by atoms with Crippen LogP contribution < -0.4 is 10.6 Å². The van der Waals surface area contributed by atoms with E-state index in [9.17, 15) is 19.5 Å². The molecule has 11 heteroatoms. The molecule has 3 N–H and O–H groups in total. The van der Waals surface area contributed by atoms with Crippen LogP contribution in [0.3, 0.4) is 0 Å². The summed E-state index contributed by atoms with van der Waals surface area (Å²) in [5, 5.41) is 16.1. The Balaban J connectivity index is 1.98. The molecule has 8 nitrogen and oxygen atoms in total. The zero-order chi connectivity index (χ0) is 22.1. The van der Waals surface area contributed by atoms with Crippen LogP contribution in [0.4, 0.5) is 0 Å². The van der Waals surface area contributed by atoms with E-state index in [1.165, 1.54) is 6.20 Å². The van der Waals surface area contributed by atoms with Gasteiger partial charge in [-0.2, -0.15) is 0 Å². The summed E-state index contributed by atoms with van der Waals surface area (Å²) in [6.07, 6.45) is 1.51. The topological polar surface area (TPSA) is 121 Å². The number of aromatic nitrogens is 2. The van der Waals surface area contributed by atoms with Gasteiger partial charge in [0.05, 0.1) is 23.0 Å². The highest BCUT2D eigenvalue weighted by atomic mass is 79.9. The van der Waals surface area contributed by atoms with E-state index in [-0.39, 0.29) is 13.1 Å². The van der Waals surface area contributed by atoms with Gasteiger partial charge in [0.25, 0.3) is 11.8 Å². The van der Waals surface area contributed by atoms with Crippen molar-refractivity contribution in [1.29, 1.82) is 0 Å². The molecule has 2 amide bonds. The summed E-state index contributed by atoms with van der Waals surface area (Å²) in [7, 11) is 0. The van der Waals surface area contributed by atoms with E-state index in [2.05, 4.69) is 68.4 Å². The van der Waals surface area contributed by atoms with Crippen LogP contribution in [0.2, 0.25) is 0 Å². The highest BCUT2D eigenvalue weighted by molar-refractivity contribution is 9.09. The number of hydrogen-bond acceptors (Lipinski definition) is 5. The molecule has 0 aliphatic rings. The van der Waals surface area contributed by atoms with Crippen LogP contribution in [0.25, 0.3) is 0 Å². The highest BCUT2D eigenvalue weighted by Gasteiger charge is 2.21. The average Bonchev–Trinajstić information content (AvgIpc) is 2.77. The summed E-state index contributed by atoms with van der Waals surface area (Å²) < 4.78 is 0. The number of pyridine rings is 2. The molecule has 0 aliphatic heterocycles. The molecule has 0 bridgehead atoms. The lowest BCUT2D eigenvalue weighted by Gasteiger charge is -2.15. The number of carboxylic acids is 1. The Kier molecular flexibility index (Phi) is 9.86. The number of nitrogens with zero attached hydrogens (tertiary/aromatic N) is 2. The monoisotopic (exact) mass is 604 g/mol. The number of aliphatic carboxylic acids is 1. The van der Waals surface area contributed by atoms with Gasteiger partial charge in [0.2, 0.25) is 0 Å². The zero-order valence-electron chi connectivity index (χ0n) is 15.7. The van der Waals surface area contributed by atoms with E-state index in [4.69, 9.17) is 0 Å². The predicted molar refractivity (Wildman–Crippen MR) is 122 cm³/mol. The molecular formula is C19H19Br3N4O4. The first-order chi connectivity index (χ1) is 14.4. The van der Waals surface area contributed by atoms with Crippen LogP contribution in [-0.2, 0) is 20.8 Å². The summed E-state index contributed by atoms with van der Waals surface area (Å²) in [6.45, 7) is -0.261. The minimum absolute atomic E-state index is 0.129. The second-order valence-electron chi connectivity index (χ2n) is 6.23. The molecule has 0 fully saturated rings. The summed E-state index contributed by atoms with van der Waals surface area (Å²) >= 11 is 9.90. The number of carbonyl (C=O) groups excluding carboxylic acids is 2. The molecule has 2 aromatic heterocycles. The van der Waals surface area contributed by atoms with E-state index in [1.807, 2.05) is 0 Å². The van der Waals surface area contributed by atoms with Gasteiger partial charge in [-0.05, 0) is 24.3 Å². The Hall–Kier alpha value is -1.85. The van der Waals surface area contributed by atoms with E-state index in [0.29, 0.717) is 44.2 Å². The Morgan fingerprint density at radius 2 is 1.37 bits per heavy atom. The smallest absolute Gasteiger partial charge is 0.310 e. The molecule has 2 heterocycles. The van der Waals surface area contributed by atoms with Crippen LogP contribution in [-0.4, -0.2) is 45.9 Å². The van der Waals surface area contributed by atoms with E-state index in [0.717, 1.165) is 0 Å². The van der Waals surface area contributed by atoms with Crippen LogP contribution in [0, 0.1) is 5.92 Å². The van der Waals surface area contributed by atoms with Crippen molar-refractivity contribution in [3.8, 4) is 0 Å². The number of alkyl halides is 3. The Morgan fingerprint density at radius 1 is 0.867 bits per heavy atom. The third-order valence-electron chi connectivity index (χ3n) is 4.05. The van der Waals surface area contributed by atoms with Crippen molar-refractivity contribution < 1.29 is 19.5 Å². The molecule has 160 valence electrons. The summed E-state index contributed by atoms with van der Waals surface area (Å²) in [5.41, 5.74) is 2.85. The highest BCUT2D eigenvalue weighted by Crippen LogP contribution is 2.12. The van der Waals surface area contributed by atoms with Crippen LogP contribution in [0.15, 0.2) is 30.5 Å².